The first-order chi connectivity index (χ1) is 6.83. The van der Waals surface area contributed by atoms with E-state index in [0.29, 0.717) is 0 Å². The molecule has 2 nitrogen and oxygen atoms in total. The van der Waals surface area contributed by atoms with Crippen molar-refractivity contribution in [1.29, 1.82) is 0 Å². The van der Waals surface area contributed by atoms with Crippen molar-refractivity contribution < 1.29 is 4.79 Å². The quantitative estimate of drug-likeness (QED) is 0.757. The maximum absolute atomic E-state index is 11.5. The van der Waals surface area contributed by atoms with Gasteiger partial charge in [0.05, 0.1) is 0 Å². The minimum atomic E-state index is 0.0166. The van der Waals surface area contributed by atoms with Crippen LogP contribution in [0.3, 0.4) is 0 Å². The van der Waals surface area contributed by atoms with Gasteiger partial charge in [-0.3, -0.25) is 4.79 Å². The van der Waals surface area contributed by atoms with Crippen LogP contribution in [0, 0.1) is 0 Å². The van der Waals surface area contributed by atoms with Gasteiger partial charge in [0.1, 0.15) is 0 Å². The molecule has 0 fully saturated rings. The lowest BCUT2D eigenvalue weighted by atomic mass is 10.1. The number of rotatable bonds is 2. The standard InChI is InChI=1S/C12H13NO/c1-2-3-8-11-9-6-4-5-7-10(9)12(14)13-11/h4-8H,2-3H2,1H3,(H,13,14). The molecule has 0 radical (unpaired) electrons. The third-order valence-electron chi connectivity index (χ3n) is 2.35. The Morgan fingerprint density at radius 1 is 1.29 bits per heavy atom. The molecule has 0 saturated heterocycles. The fourth-order valence-corrected chi connectivity index (χ4v) is 1.62. The van der Waals surface area contributed by atoms with Gasteiger partial charge in [-0.25, -0.2) is 0 Å². The molecule has 0 aromatic heterocycles. The first-order valence-corrected chi connectivity index (χ1v) is 4.94. The third-order valence-corrected chi connectivity index (χ3v) is 2.35. The molecule has 1 aromatic carbocycles. The molecule has 1 N–H and O–H groups in total. The summed E-state index contributed by atoms with van der Waals surface area (Å²) in [4.78, 5) is 11.5. The van der Waals surface area contributed by atoms with Crippen molar-refractivity contribution in [1.82, 2.24) is 5.32 Å². The molecule has 0 atom stereocenters. The second kappa shape index (κ2) is 3.66. The van der Waals surface area contributed by atoms with Crippen LogP contribution in [0.2, 0.25) is 0 Å². The summed E-state index contributed by atoms with van der Waals surface area (Å²) in [6.45, 7) is 2.12. The monoisotopic (exact) mass is 187 g/mol. The van der Waals surface area contributed by atoms with E-state index in [9.17, 15) is 4.79 Å². The van der Waals surface area contributed by atoms with Crippen LogP contribution in [-0.4, -0.2) is 5.91 Å². The van der Waals surface area contributed by atoms with Gasteiger partial charge in [-0.05, 0) is 12.5 Å². The van der Waals surface area contributed by atoms with Crippen molar-refractivity contribution in [3.8, 4) is 0 Å². The first kappa shape index (κ1) is 9.00. The lowest BCUT2D eigenvalue weighted by Crippen LogP contribution is -2.11. The highest BCUT2D eigenvalue weighted by molar-refractivity contribution is 6.09. The van der Waals surface area contributed by atoms with Crippen molar-refractivity contribution >= 4 is 11.6 Å². The Morgan fingerprint density at radius 2 is 2.00 bits per heavy atom. The van der Waals surface area contributed by atoms with E-state index in [1.54, 1.807) is 0 Å². The highest BCUT2D eigenvalue weighted by Crippen LogP contribution is 2.24. The lowest BCUT2D eigenvalue weighted by Gasteiger charge is -1.98. The Labute approximate surface area is 83.6 Å². The van der Waals surface area contributed by atoms with Crippen LogP contribution < -0.4 is 5.32 Å². The largest absolute Gasteiger partial charge is 0.322 e. The van der Waals surface area contributed by atoms with Gasteiger partial charge in [0.15, 0.2) is 0 Å². The fourth-order valence-electron chi connectivity index (χ4n) is 1.62. The van der Waals surface area contributed by atoms with Gasteiger partial charge in [-0.15, -0.1) is 0 Å². The molecule has 2 rings (SSSR count). The number of carbonyl (C=O) groups is 1. The van der Waals surface area contributed by atoms with E-state index in [0.717, 1.165) is 29.7 Å². The first-order valence-electron chi connectivity index (χ1n) is 4.94. The van der Waals surface area contributed by atoms with Crippen molar-refractivity contribution in [2.75, 3.05) is 0 Å². The average Bonchev–Trinajstić information content (AvgIpc) is 2.54. The molecule has 72 valence electrons. The molecule has 0 saturated carbocycles. The normalized spacial score (nSPS) is 16.9. The number of carbonyl (C=O) groups excluding carboxylic acids is 1. The molecular formula is C12H13NO. The zero-order valence-corrected chi connectivity index (χ0v) is 8.21. The van der Waals surface area contributed by atoms with Crippen LogP contribution in [0.1, 0.15) is 35.7 Å². The Bertz CT molecular complexity index is 393. The molecule has 1 aliphatic rings. The van der Waals surface area contributed by atoms with E-state index in [1.165, 1.54) is 0 Å². The zero-order valence-electron chi connectivity index (χ0n) is 8.21. The van der Waals surface area contributed by atoms with Crippen LogP contribution in [0.5, 0.6) is 0 Å². The number of nitrogens with one attached hydrogen (secondary N) is 1. The molecule has 14 heavy (non-hydrogen) atoms. The maximum atomic E-state index is 11.5. The molecule has 1 aliphatic heterocycles. The summed E-state index contributed by atoms with van der Waals surface area (Å²) in [6.07, 6.45) is 4.19. The van der Waals surface area contributed by atoms with Gasteiger partial charge in [-0.1, -0.05) is 37.6 Å². The molecule has 0 unspecified atom stereocenters. The maximum Gasteiger partial charge on any atom is 0.256 e. The van der Waals surface area contributed by atoms with Gasteiger partial charge in [0.2, 0.25) is 0 Å². The Morgan fingerprint density at radius 3 is 2.71 bits per heavy atom. The van der Waals surface area contributed by atoms with Crippen molar-refractivity contribution in [3.05, 3.63) is 41.5 Å². The van der Waals surface area contributed by atoms with Crippen molar-refractivity contribution in [2.45, 2.75) is 19.8 Å². The summed E-state index contributed by atoms with van der Waals surface area (Å²) in [5.41, 5.74) is 2.79. The second-order valence-electron chi connectivity index (χ2n) is 3.41. The number of hydrogen-bond acceptors (Lipinski definition) is 1. The van der Waals surface area contributed by atoms with Crippen LogP contribution in [0.25, 0.3) is 5.70 Å². The molecule has 0 aliphatic carbocycles. The van der Waals surface area contributed by atoms with Crippen LogP contribution >= 0.6 is 0 Å². The number of unbranched alkanes of at least 4 members (excludes halogenated alkanes) is 1. The lowest BCUT2D eigenvalue weighted by molar-refractivity contribution is 0.0981. The van der Waals surface area contributed by atoms with Crippen LogP contribution in [-0.2, 0) is 0 Å². The van der Waals surface area contributed by atoms with E-state index in [4.69, 9.17) is 0 Å². The molecular weight excluding hydrogens is 174 g/mol. The highest BCUT2D eigenvalue weighted by atomic mass is 16.1. The predicted molar refractivity (Wildman–Crippen MR) is 56.8 cm³/mol. The number of allylic oxidation sites excluding steroid dienone is 1. The van der Waals surface area contributed by atoms with E-state index in [1.807, 2.05) is 24.3 Å². The summed E-state index contributed by atoms with van der Waals surface area (Å²) in [5.74, 6) is 0.0166. The summed E-state index contributed by atoms with van der Waals surface area (Å²) >= 11 is 0. The van der Waals surface area contributed by atoms with Crippen molar-refractivity contribution in [2.24, 2.45) is 0 Å². The van der Waals surface area contributed by atoms with E-state index < -0.39 is 0 Å². The van der Waals surface area contributed by atoms with Gasteiger partial charge >= 0.3 is 0 Å². The van der Waals surface area contributed by atoms with Crippen LogP contribution in [0.15, 0.2) is 30.3 Å². The number of hydrogen-bond donors (Lipinski definition) is 1. The second-order valence-corrected chi connectivity index (χ2v) is 3.41. The van der Waals surface area contributed by atoms with Gasteiger partial charge < -0.3 is 5.32 Å². The summed E-state index contributed by atoms with van der Waals surface area (Å²) in [7, 11) is 0. The number of fused-ring (bicyclic) bond motifs is 1. The smallest absolute Gasteiger partial charge is 0.256 e. The van der Waals surface area contributed by atoms with Gasteiger partial charge in [-0.2, -0.15) is 0 Å². The van der Waals surface area contributed by atoms with E-state index in [2.05, 4.69) is 18.3 Å². The van der Waals surface area contributed by atoms with E-state index in [-0.39, 0.29) is 5.91 Å². The van der Waals surface area contributed by atoms with Crippen LogP contribution in [0.4, 0.5) is 0 Å². The summed E-state index contributed by atoms with van der Waals surface area (Å²) < 4.78 is 0. The highest BCUT2D eigenvalue weighted by Gasteiger charge is 2.21. The van der Waals surface area contributed by atoms with Gasteiger partial charge in [0, 0.05) is 16.8 Å². The minimum absolute atomic E-state index is 0.0166. The molecule has 0 bridgehead atoms. The summed E-state index contributed by atoms with van der Waals surface area (Å²) in [5, 5.41) is 2.88. The zero-order chi connectivity index (χ0) is 9.97. The Kier molecular flexibility index (Phi) is 2.35. The van der Waals surface area contributed by atoms with E-state index >= 15 is 0 Å². The molecule has 2 heteroatoms. The SMILES string of the molecule is CCCC=C1NC(=O)c2ccccc21. The average molecular weight is 187 g/mol. The summed E-state index contributed by atoms with van der Waals surface area (Å²) in [6, 6.07) is 7.69. The number of benzene rings is 1. The fraction of sp³-hybridized carbons (Fsp3) is 0.250. The molecule has 1 heterocycles. The third kappa shape index (κ3) is 1.43. The number of amides is 1. The predicted octanol–water partition coefficient (Wildman–Crippen LogP) is 2.57. The van der Waals surface area contributed by atoms with Gasteiger partial charge in [0.25, 0.3) is 5.91 Å². The topological polar surface area (TPSA) is 29.1 Å². The molecule has 1 amide bonds. The minimum Gasteiger partial charge on any atom is -0.322 e. The Hall–Kier alpha value is -1.57. The molecule has 1 aromatic rings. The van der Waals surface area contributed by atoms with Crippen molar-refractivity contribution in [3.63, 3.8) is 0 Å². The molecule has 0 spiro atoms. The Balaban J connectivity index is 2.39.